The molecule has 121 heavy (non-hydrogen) atoms. The van der Waals surface area contributed by atoms with E-state index < -0.39 is 73.3 Å². The number of phenolic OH excluding ortho intramolecular Hbond substituents is 1. The van der Waals surface area contributed by atoms with Gasteiger partial charge in [-0.3, -0.25) is 28.8 Å². The maximum atomic E-state index is 13.3. The van der Waals surface area contributed by atoms with E-state index in [0.717, 1.165) is 65.9 Å². The van der Waals surface area contributed by atoms with E-state index in [0.29, 0.717) is 56.0 Å². The first-order valence-corrected chi connectivity index (χ1v) is 46.3. The summed E-state index contributed by atoms with van der Waals surface area (Å²) in [5, 5.41) is 12.6. The molecule has 0 spiro atoms. The van der Waals surface area contributed by atoms with Crippen molar-refractivity contribution >= 4 is 70.6 Å². The highest BCUT2D eigenvalue weighted by atomic mass is 32.2. The van der Waals surface area contributed by atoms with E-state index in [1.54, 1.807) is 47.6 Å². The lowest BCUT2D eigenvalue weighted by Gasteiger charge is -2.61. The normalized spacial score (nSPS) is 22.1. The number of halogens is 3. The van der Waals surface area contributed by atoms with Crippen molar-refractivity contribution in [1.82, 2.24) is 0 Å². The van der Waals surface area contributed by atoms with Gasteiger partial charge in [0, 0.05) is 39.1 Å². The van der Waals surface area contributed by atoms with E-state index in [9.17, 15) is 60.0 Å². The molecule has 5 aromatic carbocycles. The Labute approximate surface area is 719 Å². The Kier molecular flexibility index (Phi) is 31.7. The topological polar surface area (TPSA) is 248 Å². The summed E-state index contributed by atoms with van der Waals surface area (Å²) >= 11 is 0. The first-order chi connectivity index (χ1) is 56.2. The molecule has 0 radical (unpaired) electrons. The zero-order valence-electron chi connectivity index (χ0n) is 76.0. The predicted molar refractivity (Wildman–Crippen MR) is 472 cm³/mol. The predicted octanol–water partition coefficient (Wildman–Crippen LogP) is 24.7. The lowest BCUT2D eigenvalue weighted by molar-refractivity contribution is -0.239. The number of thiophene rings is 1. The highest BCUT2D eigenvalue weighted by molar-refractivity contribution is 7.85. The number of ether oxygens (including phenoxy) is 6. The largest absolute Gasteiger partial charge is 0.748 e. The molecule has 8 aliphatic rings. The molecule has 8 fully saturated rings. The number of carbonyl (C=O) groups is 5. The molecule has 8 saturated carbocycles. The third kappa shape index (κ3) is 24.1. The Morgan fingerprint density at radius 1 is 0.579 bits per heavy atom. The van der Waals surface area contributed by atoms with E-state index in [-0.39, 0.29) is 79.6 Å². The Bertz CT molecular complexity index is 4830. The minimum absolute atomic E-state index is 0.00100. The summed E-state index contributed by atoms with van der Waals surface area (Å²) in [5.41, 5.74) is -1.22. The molecular formula is C99H135F3O17S2. The van der Waals surface area contributed by atoms with Crippen molar-refractivity contribution in [3.8, 4) is 27.9 Å². The van der Waals surface area contributed by atoms with Gasteiger partial charge in [0.25, 0.3) is 0 Å². The number of esters is 5. The molecule has 17 nitrogen and oxygen atoms in total. The number of carbonyl (C=O) groups excluding carboxylic acids is 5. The summed E-state index contributed by atoms with van der Waals surface area (Å²) in [4.78, 5) is 74.9. The zero-order valence-corrected chi connectivity index (χ0v) is 77.6. The Morgan fingerprint density at radius 3 is 1.50 bits per heavy atom. The van der Waals surface area contributed by atoms with E-state index in [1.807, 2.05) is 62.3 Å². The van der Waals surface area contributed by atoms with Gasteiger partial charge >= 0.3 is 36.0 Å². The number of rotatable bonds is 23. The first kappa shape index (κ1) is 98.4. The molecule has 2 heterocycles. The van der Waals surface area contributed by atoms with Crippen LogP contribution in [-0.2, 0) is 48.3 Å². The van der Waals surface area contributed by atoms with Gasteiger partial charge in [0.05, 0.1) is 49.2 Å². The Balaban J connectivity index is 0.000000184. The van der Waals surface area contributed by atoms with E-state index >= 15 is 0 Å². The zero-order chi connectivity index (χ0) is 90.2. The summed E-state index contributed by atoms with van der Waals surface area (Å²) in [6.45, 7) is 44.8. The third-order valence-corrected chi connectivity index (χ3v) is 30.4. The van der Waals surface area contributed by atoms with Crippen molar-refractivity contribution in [2.24, 2.45) is 62.1 Å². The van der Waals surface area contributed by atoms with Crippen LogP contribution in [0.3, 0.4) is 0 Å². The third-order valence-electron chi connectivity index (χ3n) is 27.3. The van der Waals surface area contributed by atoms with Crippen molar-refractivity contribution < 1.29 is 88.1 Å². The Hall–Kier alpha value is -8.08. The van der Waals surface area contributed by atoms with Crippen molar-refractivity contribution in [2.75, 3.05) is 5.75 Å². The fraction of sp³-hybridized carbons (Fsp3) is 0.596. The average molecular weight is 1720 g/mol. The van der Waals surface area contributed by atoms with Crippen LogP contribution >= 0.6 is 10.5 Å². The second-order valence-electron chi connectivity index (χ2n) is 39.0. The van der Waals surface area contributed by atoms with Crippen LogP contribution in [-0.4, -0.2) is 82.8 Å². The van der Waals surface area contributed by atoms with E-state index in [4.69, 9.17) is 28.1 Å². The molecule has 7 aromatic rings. The number of aryl methyl sites for hydroxylation is 2. The van der Waals surface area contributed by atoms with Crippen molar-refractivity contribution in [3.05, 3.63) is 160 Å². The molecule has 8 bridgehead atoms. The fourth-order valence-electron chi connectivity index (χ4n) is 17.8. The second kappa shape index (κ2) is 39.0. The highest BCUT2D eigenvalue weighted by Gasteiger charge is 2.65. The smallest absolute Gasteiger partial charge is 0.426 e. The van der Waals surface area contributed by atoms with Gasteiger partial charge in [-0.2, -0.15) is 13.2 Å². The molecule has 15 rings (SSSR count). The van der Waals surface area contributed by atoms with Crippen molar-refractivity contribution in [1.29, 1.82) is 0 Å². The molecule has 0 amide bonds. The number of benzene rings is 5. The van der Waals surface area contributed by atoms with Gasteiger partial charge in [0.2, 0.25) is 17.3 Å². The minimum Gasteiger partial charge on any atom is -0.748 e. The summed E-state index contributed by atoms with van der Waals surface area (Å²) in [5.74, 6) is 1.28. The van der Waals surface area contributed by atoms with Gasteiger partial charge in [0.1, 0.15) is 39.8 Å². The summed E-state index contributed by atoms with van der Waals surface area (Å²) < 4.78 is 114. The van der Waals surface area contributed by atoms with Crippen LogP contribution in [0.1, 0.15) is 281 Å². The van der Waals surface area contributed by atoms with Gasteiger partial charge in [-0.05, 0) is 332 Å². The maximum absolute atomic E-state index is 13.3. The molecule has 4 unspecified atom stereocenters. The highest BCUT2D eigenvalue weighted by Crippen LogP contribution is 2.66. The molecular weight excluding hydrogens is 1580 g/mol. The van der Waals surface area contributed by atoms with Crippen LogP contribution in [0.5, 0.6) is 23.0 Å². The van der Waals surface area contributed by atoms with Gasteiger partial charge in [-0.25, -0.2) is 8.42 Å². The Morgan fingerprint density at radius 2 is 1.04 bits per heavy atom. The summed E-state index contributed by atoms with van der Waals surface area (Å²) in [7, 11) is -5.21. The summed E-state index contributed by atoms with van der Waals surface area (Å²) in [6, 6.07) is 39.9. The van der Waals surface area contributed by atoms with Crippen LogP contribution in [0.2, 0.25) is 0 Å². The number of aromatic hydroxyl groups is 1. The molecule has 4 atom stereocenters. The molecule has 8 aliphatic carbocycles. The minimum atomic E-state index is -5.27. The van der Waals surface area contributed by atoms with Gasteiger partial charge in [0.15, 0.2) is 14.3 Å². The van der Waals surface area contributed by atoms with Crippen LogP contribution < -0.4 is 19.6 Å². The number of fused-ring (bicyclic) bond motifs is 3. The lowest BCUT2D eigenvalue weighted by Crippen LogP contribution is -2.61. The number of hydrogen-bond donors (Lipinski definition) is 1. The molecule has 0 saturated heterocycles. The van der Waals surface area contributed by atoms with Gasteiger partial charge in [-0.1, -0.05) is 103 Å². The molecule has 0 aliphatic heterocycles. The standard InChI is InChI=1S/C20H29F3O7S.C19H32O2.C18H13S.C15H22O3.C15H24O.C12H16O4/c1-4-17(2,3)15(24)30-19-8-12-5-13(9-19)7-18(6-12,11-19)16(25)29-14(20(21,22)23)10-31(26,27)28;1-6-17(2,3)16(20)21-18(4,5)19-10-13-7-14(11-19)9-15(8-13)12-19;1-2-8-14(9-3-1)19-17-12-6-4-10-15(17)16-11-5-7-13-18(16)19;1-7-15(5,6)14(17)18-12-8-9(2)13(16)11(4)10(12)3;1-6-12(3)13-8-10-14(11-9-13)16-15(4,5)7-2;1-5-12(3,4)11(14)16-10-8(2)15-7-6-9(10)13/h12-14H,4-11H2,1-3H3,(H,26,27,28);13-15H,6-12H2,1-5H3;1-13H;8,16H,7H2,1-6H3;8-12H,6-7H2,1-5H3;6-7H,5H2,1-4H3/q;;+1;;;/p-1. The number of alkyl halides is 3. The van der Waals surface area contributed by atoms with Crippen molar-refractivity contribution in [3.63, 3.8) is 0 Å². The van der Waals surface area contributed by atoms with E-state index in [1.165, 1.54) is 87.9 Å². The quantitative estimate of drug-likeness (QED) is 0.0205. The van der Waals surface area contributed by atoms with Gasteiger partial charge in [-0.15, -0.1) is 0 Å². The average Bonchev–Trinajstić information content (AvgIpc) is 1.18. The number of hydrogen-bond acceptors (Lipinski definition) is 17. The fourth-order valence-corrected chi connectivity index (χ4v) is 20.8. The van der Waals surface area contributed by atoms with Crippen LogP contribution in [0, 0.1) is 89.8 Å². The SMILES string of the molecule is CCC(C)(C)C(=O)OC(C)(C)C12CC3CC(CC(C3)C1)C2.CCC(C)(C)C(=O)OC12CC3CC(C1)CC(C(=O)OC(CS(=O)(=O)[O-])C(F)(F)F)(C3)C2.CCC(C)(C)C(=O)Oc1c(C)occc1=O.CCC(C)(C)C(=O)Oc1cc(C)c(O)c(C)c1C.CCC(C)c1ccc(OC(C)(C)CC)cc1.c1ccc(-[s+]2c3ccccc3c3ccccc32)cc1. The monoisotopic (exact) mass is 1720 g/mol. The number of phenols is 1. The molecule has 666 valence electrons. The van der Waals surface area contributed by atoms with Crippen molar-refractivity contribution in [2.45, 2.75) is 310 Å². The first-order valence-electron chi connectivity index (χ1n) is 43.5. The lowest BCUT2D eigenvalue weighted by atomic mass is 9.46. The van der Waals surface area contributed by atoms with Crippen LogP contribution in [0.25, 0.3) is 25.1 Å². The van der Waals surface area contributed by atoms with Gasteiger partial charge < -0.3 is 42.5 Å². The molecule has 1 N–H and O–H groups in total. The van der Waals surface area contributed by atoms with Crippen LogP contribution in [0.15, 0.2) is 131 Å². The maximum Gasteiger partial charge on any atom is 0.426 e. The molecule has 2 aromatic heterocycles. The van der Waals surface area contributed by atoms with Crippen LogP contribution in [0.4, 0.5) is 13.2 Å². The second-order valence-corrected chi connectivity index (χ2v) is 42.4. The molecule has 22 heteroatoms. The van der Waals surface area contributed by atoms with E-state index in [2.05, 4.69) is 163 Å². The summed E-state index contributed by atoms with van der Waals surface area (Å²) in [6.07, 6.45) is 8.69.